The number of phenolic OH excluding ortho intramolecular Hbond substituents is 2. The Hall–Kier alpha value is -2.95. The minimum Gasteiger partial charge on any atom is -0.508 e. The molecular weight excluding hydrogens is 332 g/mol. The Kier molecular flexibility index (Phi) is 4.89. The fraction of sp³-hybridized carbons (Fsp3) is 0.286. The summed E-state index contributed by atoms with van der Waals surface area (Å²) in [5.74, 6) is 0.800. The maximum absolute atomic E-state index is 12.5. The molecule has 0 fully saturated rings. The van der Waals surface area contributed by atoms with Crippen molar-refractivity contribution in [3.8, 4) is 23.0 Å². The molecule has 2 aromatic carbocycles. The summed E-state index contributed by atoms with van der Waals surface area (Å²) in [6.07, 6.45) is 2.25. The molecule has 26 heavy (non-hydrogen) atoms. The van der Waals surface area contributed by atoms with Crippen LogP contribution < -0.4 is 9.47 Å². The predicted octanol–water partition coefficient (Wildman–Crippen LogP) is 4.32. The normalized spacial score (nSPS) is 15.8. The molecule has 2 aromatic rings. The van der Waals surface area contributed by atoms with Crippen molar-refractivity contribution in [1.82, 2.24) is 0 Å². The number of fused-ring (bicyclic) bond motifs is 1. The van der Waals surface area contributed by atoms with Crippen LogP contribution in [0.25, 0.3) is 0 Å². The quantitative estimate of drug-likeness (QED) is 0.800. The number of carbonyl (C=O) groups is 1. The van der Waals surface area contributed by atoms with Gasteiger partial charge in [-0.05, 0) is 50.1 Å². The molecule has 1 atom stereocenters. The SMILES string of the molecule is COc1cc([C@@H]2CC(=O)c3ccc(O)cc3O2)cc(CC=C(C)C)c1O. The highest BCUT2D eigenvalue weighted by Gasteiger charge is 2.29. The first-order valence-electron chi connectivity index (χ1n) is 8.45. The number of hydrogen-bond donors (Lipinski definition) is 2. The van der Waals surface area contributed by atoms with Crippen molar-refractivity contribution in [2.45, 2.75) is 32.8 Å². The number of allylic oxidation sites excluding steroid dienone is 2. The van der Waals surface area contributed by atoms with Gasteiger partial charge in [-0.2, -0.15) is 0 Å². The maximum atomic E-state index is 12.5. The first-order valence-corrected chi connectivity index (χ1v) is 8.45. The second-order valence-corrected chi connectivity index (χ2v) is 6.63. The zero-order valence-corrected chi connectivity index (χ0v) is 15.1. The molecule has 1 aliphatic heterocycles. The van der Waals surface area contributed by atoms with Gasteiger partial charge in [0.15, 0.2) is 17.3 Å². The number of aromatic hydroxyl groups is 2. The molecule has 0 bridgehead atoms. The molecule has 0 saturated carbocycles. The third-order valence-corrected chi connectivity index (χ3v) is 4.40. The van der Waals surface area contributed by atoms with E-state index in [1.807, 2.05) is 26.0 Å². The van der Waals surface area contributed by atoms with Crippen LogP contribution in [0.5, 0.6) is 23.0 Å². The Morgan fingerprint density at radius 1 is 1.27 bits per heavy atom. The molecule has 0 aliphatic carbocycles. The number of Topliss-reactive ketones (excluding diaryl/α,β-unsaturated/α-hetero) is 1. The molecule has 1 heterocycles. The lowest BCUT2D eigenvalue weighted by Crippen LogP contribution is -2.20. The number of hydrogen-bond acceptors (Lipinski definition) is 5. The summed E-state index contributed by atoms with van der Waals surface area (Å²) in [4.78, 5) is 12.5. The molecule has 3 rings (SSSR count). The van der Waals surface area contributed by atoms with Gasteiger partial charge in [0.2, 0.25) is 0 Å². The molecule has 0 unspecified atom stereocenters. The summed E-state index contributed by atoms with van der Waals surface area (Å²) in [5, 5.41) is 20.0. The lowest BCUT2D eigenvalue weighted by molar-refractivity contribution is 0.0849. The van der Waals surface area contributed by atoms with Crippen LogP contribution in [-0.4, -0.2) is 23.1 Å². The Balaban J connectivity index is 2.00. The lowest BCUT2D eigenvalue weighted by atomic mass is 9.94. The van der Waals surface area contributed by atoms with Crippen molar-refractivity contribution < 1.29 is 24.5 Å². The standard InChI is InChI=1S/C21H22O5/c1-12(2)4-5-13-8-14(9-20(25-3)21(13)24)18-11-17(23)16-7-6-15(22)10-19(16)26-18/h4,6-10,18,22,24H,5,11H2,1-3H3/t18-/m0/s1. The van der Waals surface area contributed by atoms with Gasteiger partial charge >= 0.3 is 0 Å². The van der Waals surface area contributed by atoms with Crippen molar-refractivity contribution in [2.75, 3.05) is 7.11 Å². The molecule has 1 aliphatic rings. The topological polar surface area (TPSA) is 76.0 Å². The van der Waals surface area contributed by atoms with Crippen molar-refractivity contribution in [2.24, 2.45) is 0 Å². The van der Waals surface area contributed by atoms with Crippen molar-refractivity contribution >= 4 is 5.78 Å². The van der Waals surface area contributed by atoms with Crippen molar-refractivity contribution in [3.63, 3.8) is 0 Å². The fourth-order valence-corrected chi connectivity index (χ4v) is 3.00. The van der Waals surface area contributed by atoms with E-state index in [9.17, 15) is 15.0 Å². The van der Waals surface area contributed by atoms with Gasteiger partial charge in [-0.3, -0.25) is 4.79 Å². The van der Waals surface area contributed by atoms with Crippen LogP contribution in [0.15, 0.2) is 42.0 Å². The number of phenols is 2. The van der Waals surface area contributed by atoms with Crippen LogP contribution in [0.3, 0.4) is 0 Å². The molecular formula is C21H22O5. The first kappa shape index (κ1) is 17.9. The highest BCUT2D eigenvalue weighted by molar-refractivity contribution is 6.00. The van der Waals surface area contributed by atoms with Crippen LogP contribution in [0.1, 0.15) is 47.9 Å². The highest BCUT2D eigenvalue weighted by atomic mass is 16.5. The number of ether oxygens (including phenoxy) is 2. The monoisotopic (exact) mass is 354 g/mol. The molecule has 0 amide bonds. The number of carbonyl (C=O) groups excluding carboxylic acids is 1. The Morgan fingerprint density at radius 3 is 2.73 bits per heavy atom. The Bertz CT molecular complexity index is 878. The van der Waals surface area contributed by atoms with Crippen LogP contribution in [-0.2, 0) is 6.42 Å². The average Bonchev–Trinajstić information content (AvgIpc) is 2.60. The molecule has 5 heteroatoms. The molecule has 5 nitrogen and oxygen atoms in total. The summed E-state index contributed by atoms with van der Waals surface area (Å²) < 4.78 is 11.2. The molecule has 0 saturated heterocycles. The van der Waals surface area contributed by atoms with Gasteiger partial charge in [0, 0.05) is 11.6 Å². The summed E-state index contributed by atoms with van der Waals surface area (Å²) in [6.45, 7) is 3.98. The molecule has 2 N–H and O–H groups in total. The number of rotatable bonds is 4. The first-order chi connectivity index (χ1) is 12.4. The highest BCUT2D eigenvalue weighted by Crippen LogP contribution is 2.40. The van der Waals surface area contributed by atoms with E-state index in [0.29, 0.717) is 29.0 Å². The minimum absolute atomic E-state index is 0.0460. The van der Waals surface area contributed by atoms with Crippen LogP contribution in [0.4, 0.5) is 0 Å². The molecule has 0 radical (unpaired) electrons. The zero-order valence-electron chi connectivity index (χ0n) is 15.1. The van der Waals surface area contributed by atoms with Gasteiger partial charge in [-0.1, -0.05) is 11.6 Å². The van der Waals surface area contributed by atoms with E-state index in [-0.39, 0.29) is 23.7 Å². The third-order valence-electron chi connectivity index (χ3n) is 4.40. The Labute approximate surface area is 152 Å². The van der Waals surface area contributed by atoms with E-state index in [1.165, 1.54) is 19.2 Å². The largest absolute Gasteiger partial charge is 0.508 e. The van der Waals surface area contributed by atoms with E-state index in [4.69, 9.17) is 9.47 Å². The van der Waals surface area contributed by atoms with Crippen LogP contribution in [0.2, 0.25) is 0 Å². The number of benzene rings is 2. The molecule has 136 valence electrons. The summed E-state index contributed by atoms with van der Waals surface area (Å²) >= 11 is 0. The lowest BCUT2D eigenvalue weighted by Gasteiger charge is -2.26. The summed E-state index contributed by atoms with van der Waals surface area (Å²) in [6, 6.07) is 8.01. The van der Waals surface area contributed by atoms with Gasteiger partial charge < -0.3 is 19.7 Å². The molecule has 0 spiro atoms. The van der Waals surface area contributed by atoms with Gasteiger partial charge in [0.25, 0.3) is 0 Å². The second-order valence-electron chi connectivity index (χ2n) is 6.63. The predicted molar refractivity (Wildman–Crippen MR) is 98.2 cm³/mol. The summed E-state index contributed by atoms with van der Waals surface area (Å²) in [7, 11) is 1.49. The van der Waals surface area contributed by atoms with Crippen LogP contribution >= 0.6 is 0 Å². The zero-order chi connectivity index (χ0) is 18.8. The van der Waals surface area contributed by atoms with Crippen molar-refractivity contribution in [3.05, 3.63) is 58.7 Å². The van der Waals surface area contributed by atoms with E-state index >= 15 is 0 Å². The van der Waals surface area contributed by atoms with Gasteiger partial charge in [-0.15, -0.1) is 0 Å². The number of ketones is 1. The van der Waals surface area contributed by atoms with E-state index in [1.54, 1.807) is 12.1 Å². The average molecular weight is 354 g/mol. The van der Waals surface area contributed by atoms with Crippen LogP contribution in [0, 0.1) is 0 Å². The van der Waals surface area contributed by atoms with E-state index in [2.05, 4.69) is 0 Å². The van der Waals surface area contributed by atoms with Gasteiger partial charge in [0.1, 0.15) is 17.6 Å². The van der Waals surface area contributed by atoms with Crippen molar-refractivity contribution in [1.29, 1.82) is 0 Å². The van der Waals surface area contributed by atoms with E-state index in [0.717, 1.165) is 11.1 Å². The molecule has 0 aromatic heterocycles. The third kappa shape index (κ3) is 3.52. The van der Waals surface area contributed by atoms with E-state index < -0.39 is 6.10 Å². The smallest absolute Gasteiger partial charge is 0.170 e. The minimum atomic E-state index is -0.503. The second kappa shape index (κ2) is 7.12. The van der Waals surface area contributed by atoms with Gasteiger partial charge in [-0.25, -0.2) is 0 Å². The van der Waals surface area contributed by atoms with Gasteiger partial charge in [0.05, 0.1) is 19.1 Å². The summed E-state index contributed by atoms with van der Waals surface area (Å²) in [5.41, 5.74) is 3.06. The number of methoxy groups -OCH3 is 1. The maximum Gasteiger partial charge on any atom is 0.170 e. The fourth-order valence-electron chi connectivity index (χ4n) is 3.00. The Morgan fingerprint density at radius 2 is 2.04 bits per heavy atom.